The van der Waals surface area contributed by atoms with E-state index >= 15 is 0 Å². The van der Waals surface area contributed by atoms with Crippen molar-refractivity contribution in [3.63, 3.8) is 0 Å². The van der Waals surface area contributed by atoms with Crippen molar-refractivity contribution in [3.05, 3.63) is 47.8 Å². The van der Waals surface area contributed by atoms with Crippen LogP contribution in [0.2, 0.25) is 5.02 Å². The van der Waals surface area contributed by atoms with Gasteiger partial charge in [-0.05, 0) is 18.2 Å². The van der Waals surface area contributed by atoms with Gasteiger partial charge in [-0.1, -0.05) is 49.4 Å². The highest BCUT2D eigenvalue weighted by atomic mass is 35.5. The summed E-state index contributed by atoms with van der Waals surface area (Å²) in [6.45, 7) is 8.50. The normalized spacial score (nSPS) is 10.8. The summed E-state index contributed by atoms with van der Waals surface area (Å²) in [4.78, 5) is 12.1. The first kappa shape index (κ1) is 17.6. The van der Waals surface area contributed by atoms with Crippen molar-refractivity contribution in [1.29, 1.82) is 0 Å². The predicted octanol–water partition coefficient (Wildman–Crippen LogP) is 3.97. The van der Waals surface area contributed by atoms with Crippen molar-refractivity contribution in [2.24, 2.45) is 0 Å². The summed E-state index contributed by atoms with van der Waals surface area (Å²) in [7, 11) is 0. The molecule has 0 spiro atoms. The van der Waals surface area contributed by atoms with Crippen molar-refractivity contribution in [2.45, 2.75) is 31.5 Å². The van der Waals surface area contributed by atoms with Crippen molar-refractivity contribution < 1.29 is 4.79 Å². The van der Waals surface area contributed by atoms with Gasteiger partial charge in [-0.25, -0.2) is 0 Å². The Morgan fingerprint density at radius 2 is 2.26 bits per heavy atom. The Morgan fingerprint density at radius 1 is 1.48 bits per heavy atom. The number of aromatic nitrogens is 3. The first-order valence-corrected chi connectivity index (χ1v) is 8.59. The lowest BCUT2D eigenvalue weighted by Gasteiger charge is -2.09. The Kier molecular flexibility index (Phi) is 6.24. The second-order valence-electron chi connectivity index (χ2n) is 5.24. The van der Waals surface area contributed by atoms with E-state index < -0.39 is 0 Å². The summed E-state index contributed by atoms with van der Waals surface area (Å²) in [6, 6.07) is 7.06. The number of nitrogens with one attached hydrogen (secondary N) is 1. The van der Waals surface area contributed by atoms with Gasteiger partial charge in [0.2, 0.25) is 5.91 Å². The average molecular weight is 351 g/mol. The molecule has 0 saturated carbocycles. The maximum Gasteiger partial charge on any atom is 0.234 e. The van der Waals surface area contributed by atoms with Crippen LogP contribution in [-0.4, -0.2) is 26.4 Å². The molecule has 0 unspecified atom stereocenters. The number of rotatable bonds is 7. The van der Waals surface area contributed by atoms with E-state index in [1.807, 2.05) is 4.57 Å². The van der Waals surface area contributed by atoms with E-state index in [1.165, 1.54) is 11.8 Å². The van der Waals surface area contributed by atoms with Crippen LogP contribution in [0.3, 0.4) is 0 Å². The zero-order chi connectivity index (χ0) is 16.8. The van der Waals surface area contributed by atoms with Gasteiger partial charge in [-0.2, -0.15) is 0 Å². The number of nitrogens with zero attached hydrogens (tertiary/aromatic N) is 3. The van der Waals surface area contributed by atoms with Crippen LogP contribution >= 0.6 is 23.4 Å². The van der Waals surface area contributed by atoms with E-state index in [9.17, 15) is 4.79 Å². The second kappa shape index (κ2) is 8.17. The van der Waals surface area contributed by atoms with E-state index in [2.05, 4.69) is 35.9 Å². The maximum absolute atomic E-state index is 12.1. The predicted molar refractivity (Wildman–Crippen MR) is 95.1 cm³/mol. The van der Waals surface area contributed by atoms with Crippen molar-refractivity contribution in [2.75, 3.05) is 11.1 Å². The molecule has 1 aromatic heterocycles. The van der Waals surface area contributed by atoms with Gasteiger partial charge in [0.05, 0.1) is 5.75 Å². The highest BCUT2D eigenvalue weighted by Crippen LogP contribution is 2.22. The smallest absolute Gasteiger partial charge is 0.234 e. The van der Waals surface area contributed by atoms with Crippen LogP contribution in [0.1, 0.15) is 25.6 Å². The third-order valence-electron chi connectivity index (χ3n) is 3.01. The van der Waals surface area contributed by atoms with E-state index in [0.717, 1.165) is 11.0 Å². The van der Waals surface area contributed by atoms with Crippen LogP contribution < -0.4 is 5.32 Å². The quantitative estimate of drug-likeness (QED) is 0.606. The van der Waals surface area contributed by atoms with Gasteiger partial charge in [-0.15, -0.1) is 16.8 Å². The minimum atomic E-state index is -0.114. The highest BCUT2D eigenvalue weighted by molar-refractivity contribution is 7.99. The summed E-state index contributed by atoms with van der Waals surface area (Å²) in [5.41, 5.74) is 0.679. The number of anilines is 1. The highest BCUT2D eigenvalue weighted by Gasteiger charge is 2.15. The Labute approximate surface area is 145 Å². The van der Waals surface area contributed by atoms with Gasteiger partial charge in [0.1, 0.15) is 5.82 Å². The van der Waals surface area contributed by atoms with Crippen molar-refractivity contribution in [1.82, 2.24) is 14.8 Å². The standard InChI is InChI=1S/C16H19ClN4OS/c1-4-8-21-15(11(2)3)19-20-16(21)23-10-14(22)18-13-7-5-6-12(17)9-13/h4-7,9,11H,1,8,10H2,2-3H3,(H,18,22). The third-order valence-corrected chi connectivity index (χ3v) is 4.22. The van der Waals surface area contributed by atoms with Gasteiger partial charge in [-0.3, -0.25) is 4.79 Å². The van der Waals surface area contributed by atoms with Gasteiger partial charge in [0, 0.05) is 23.2 Å². The molecule has 122 valence electrons. The number of hydrogen-bond donors (Lipinski definition) is 1. The first-order valence-electron chi connectivity index (χ1n) is 7.23. The molecule has 1 heterocycles. The molecule has 23 heavy (non-hydrogen) atoms. The zero-order valence-electron chi connectivity index (χ0n) is 13.1. The zero-order valence-corrected chi connectivity index (χ0v) is 14.7. The van der Waals surface area contributed by atoms with Crippen LogP contribution in [0, 0.1) is 0 Å². The minimum Gasteiger partial charge on any atom is -0.325 e. The monoisotopic (exact) mass is 350 g/mol. The lowest BCUT2D eigenvalue weighted by molar-refractivity contribution is -0.113. The molecule has 0 fully saturated rings. The molecule has 5 nitrogen and oxygen atoms in total. The van der Waals surface area contributed by atoms with Gasteiger partial charge in [0.25, 0.3) is 0 Å². The SMILES string of the molecule is C=CCn1c(SCC(=O)Nc2cccc(Cl)c2)nnc1C(C)C. The fourth-order valence-electron chi connectivity index (χ4n) is 2.03. The van der Waals surface area contributed by atoms with E-state index in [1.54, 1.807) is 30.3 Å². The Bertz CT molecular complexity index is 699. The third kappa shape index (κ3) is 4.84. The molecule has 0 bridgehead atoms. The molecule has 1 N–H and O–H groups in total. The van der Waals surface area contributed by atoms with E-state index in [-0.39, 0.29) is 17.6 Å². The summed E-state index contributed by atoms with van der Waals surface area (Å²) in [5.74, 6) is 1.29. The molecule has 2 aromatic rings. The van der Waals surface area contributed by atoms with Crippen molar-refractivity contribution in [3.8, 4) is 0 Å². The summed E-state index contributed by atoms with van der Waals surface area (Å²) in [5, 5.41) is 12.5. The molecule has 0 aliphatic rings. The number of halogens is 1. The largest absolute Gasteiger partial charge is 0.325 e. The van der Waals surface area contributed by atoms with E-state index in [4.69, 9.17) is 11.6 Å². The second-order valence-corrected chi connectivity index (χ2v) is 6.62. The van der Waals surface area contributed by atoms with E-state index in [0.29, 0.717) is 17.3 Å². The van der Waals surface area contributed by atoms with Crippen LogP contribution in [-0.2, 0) is 11.3 Å². The van der Waals surface area contributed by atoms with Crippen LogP contribution in [0.25, 0.3) is 0 Å². The topological polar surface area (TPSA) is 59.8 Å². The number of amides is 1. The van der Waals surface area contributed by atoms with Gasteiger partial charge in [0.15, 0.2) is 5.16 Å². The molecule has 0 radical (unpaired) electrons. The van der Waals surface area contributed by atoms with Crippen LogP contribution in [0.4, 0.5) is 5.69 Å². The molecule has 0 saturated heterocycles. The summed E-state index contributed by atoms with van der Waals surface area (Å²) < 4.78 is 1.98. The molecule has 1 aromatic carbocycles. The molecule has 7 heteroatoms. The number of benzene rings is 1. The molecule has 2 rings (SSSR count). The summed E-state index contributed by atoms with van der Waals surface area (Å²) >= 11 is 7.25. The Hall–Kier alpha value is -1.79. The Balaban J connectivity index is 2.00. The fourth-order valence-corrected chi connectivity index (χ4v) is 2.97. The molecule has 0 aliphatic heterocycles. The first-order chi connectivity index (χ1) is 11.0. The van der Waals surface area contributed by atoms with Gasteiger partial charge < -0.3 is 9.88 Å². The van der Waals surface area contributed by atoms with Gasteiger partial charge >= 0.3 is 0 Å². The lowest BCUT2D eigenvalue weighted by Crippen LogP contribution is -2.14. The van der Waals surface area contributed by atoms with Crippen molar-refractivity contribution >= 4 is 35.0 Å². The fraction of sp³-hybridized carbons (Fsp3) is 0.312. The average Bonchev–Trinajstić information content (AvgIpc) is 2.89. The molecular weight excluding hydrogens is 332 g/mol. The maximum atomic E-state index is 12.1. The number of carbonyl (C=O) groups excluding carboxylic acids is 1. The number of allylic oxidation sites excluding steroid dienone is 1. The number of carbonyl (C=O) groups is 1. The Morgan fingerprint density at radius 3 is 2.91 bits per heavy atom. The lowest BCUT2D eigenvalue weighted by atomic mass is 10.2. The molecule has 0 atom stereocenters. The number of hydrogen-bond acceptors (Lipinski definition) is 4. The minimum absolute atomic E-state index is 0.114. The molecule has 0 aliphatic carbocycles. The number of thioether (sulfide) groups is 1. The summed E-state index contributed by atoms with van der Waals surface area (Å²) in [6.07, 6.45) is 1.80. The molecule has 1 amide bonds. The van der Waals surface area contributed by atoms with Crippen LogP contribution in [0.5, 0.6) is 0 Å². The molecular formula is C16H19ClN4OS. The van der Waals surface area contributed by atoms with Crippen LogP contribution in [0.15, 0.2) is 42.1 Å².